The van der Waals surface area contributed by atoms with E-state index in [1.807, 2.05) is 0 Å². The van der Waals surface area contributed by atoms with Gasteiger partial charge in [0.25, 0.3) is 0 Å². The van der Waals surface area contributed by atoms with Gasteiger partial charge in [0.1, 0.15) is 12.7 Å². The molecule has 2 atom stereocenters. The summed E-state index contributed by atoms with van der Waals surface area (Å²) in [7, 11) is -3.25. The number of hydrogen-bond donors (Lipinski definition) is 1. The lowest BCUT2D eigenvalue weighted by molar-refractivity contribution is -0.137. The first-order valence-electron chi connectivity index (χ1n) is 4.52. The molecule has 86 valence electrons. The molecule has 1 aliphatic heterocycles. The zero-order valence-electron chi connectivity index (χ0n) is 8.58. The van der Waals surface area contributed by atoms with Crippen LogP contribution in [0.5, 0.6) is 0 Å². The fraction of sp³-hybridized carbons (Fsp3) is 0.625. The molecular weight excluding hydrogens is 223 g/mol. The van der Waals surface area contributed by atoms with Crippen LogP contribution in [0, 0.1) is 0 Å². The first-order valence-corrected chi connectivity index (χ1v) is 6.01. The molecule has 0 aromatic heterocycles. The van der Waals surface area contributed by atoms with E-state index in [2.05, 4.69) is 4.74 Å². The molecule has 1 aliphatic rings. The number of esters is 1. The molecule has 0 saturated carbocycles. The van der Waals surface area contributed by atoms with Gasteiger partial charge >= 0.3 is 14.1 Å². The summed E-state index contributed by atoms with van der Waals surface area (Å²) in [5.41, 5.74) is 0. The zero-order valence-corrected chi connectivity index (χ0v) is 9.48. The molecule has 0 amide bonds. The van der Waals surface area contributed by atoms with Crippen molar-refractivity contribution < 1.29 is 28.0 Å². The van der Waals surface area contributed by atoms with Crippen molar-refractivity contribution in [2.75, 3.05) is 13.2 Å². The Hall–Kier alpha value is -0.680. The normalized spacial score (nSPS) is 30.7. The third kappa shape index (κ3) is 4.13. The van der Waals surface area contributed by atoms with Gasteiger partial charge in [-0.3, -0.25) is 4.52 Å². The molecule has 1 saturated heterocycles. The third-order valence-corrected chi connectivity index (χ3v) is 2.96. The van der Waals surface area contributed by atoms with E-state index in [1.54, 1.807) is 13.8 Å². The molecule has 0 spiro atoms. The predicted molar refractivity (Wildman–Crippen MR) is 52.5 cm³/mol. The standard InChI is InChI=1S/C8H14O6P/c1-3-11-8(9)4-5-12-15(10)13-6-7(2)14-15/h4-5,7,10H,3,6H2,1-2H3/q+1/b5-4+. The largest absolute Gasteiger partial charge is 0.618 e. The van der Waals surface area contributed by atoms with Crippen molar-refractivity contribution in [3.63, 3.8) is 0 Å². The molecule has 1 fully saturated rings. The van der Waals surface area contributed by atoms with Crippen molar-refractivity contribution in [3.8, 4) is 0 Å². The van der Waals surface area contributed by atoms with Crippen LogP contribution in [0.1, 0.15) is 13.8 Å². The van der Waals surface area contributed by atoms with Crippen LogP contribution in [0.15, 0.2) is 12.3 Å². The maximum atomic E-state index is 10.8. The first kappa shape index (κ1) is 12.4. The van der Waals surface area contributed by atoms with E-state index in [1.165, 1.54) is 0 Å². The van der Waals surface area contributed by atoms with Crippen molar-refractivity contribution in [2.24, 2.45) is 0 Å². The summed E-state index contributed by atoms with van der Waals surface area (Å²) in [4.78, 5) is 20.4. The number of rotatable bonds is 4. The van der Waals surface area contributed by atoms with E-state index < -0.39 is 14.1 Å². The van der Waals surface area contributed by atoms with E-state index in [9.17, 15) is 9.69 Å². The van der Waals surface area contributed by atoms with E-state index in [4.69, 9.17) is 13.6 Å². The molecule has 7 heteroatoms. The summed E-state index contributed by atoms with van der Waals surface area (Å²) in [6, 6.07) is 0. The van der Waals surface area contributed by atoms with Crippen molar-refractivity contribution in [3.05, 3.63) is 12.3 Å². The molecule has 0 bridgehead atoms. The minimum atomic E-state index is -3.25. The Balaban J connectivity index is 2.33. The average Bonchev–Trinajstić information content (AvgIpc) is 2.47. The highest BCUT2D eigenvalue weighted by Crippen LogP contribution is 2.62. The van der Waals surface area contributed by atoms with Gasteiger partial charge in [0.15, 0.2) is 6.26 Å². The summed E-state index contributed by atoms with van der Waals surface area (Å²) in [5.74, 6) is -0.545. The fourth-order valence-electron chi connectivity index (χ4n) is 0.896. The smallest absolute Gasteiger partial charge is 0.463 e. The Morgan fingerprint density at radius 1 is 1.73 bits per heavy atom. The van der Waals surface area contributed by atoms with Crippen LogP contribution in [-0.2, 0) is 23.1 Å². The summed E-state index contributed by atoms with van der Waals surface area (Å²) >= 11 is 0. The quantitative estimate of drug-likeness (QED) is 0.342. The molecule has 1 rings (SSSR count). The second kappa shape index (κ2) is 5.42. The van der Waals surface area contributed by atoms with E-state index in [0.29, 0.717) is 0 Å². The highest BCUT2D eigenvalue weighted by molar-refractivity contribution is 7.55. The van der Waals surface area contributed by atoms with Gasteiger partial charge in [-0.2, -0.15) is 4.89 Å². The number of carbonyl (C=O) groups excluding carboxylic acids is 1. The molecule has 6 nitrogen and oxygen atoms in total. The van der Waals surface area contributed by atoms with Crippen LogP contribution in [0.3, 0.4) is 0 Å². The molecule has 2 unspecified atom stereocenters. The SMILES string of the molecule is CCOC(=O)/C=C/O[P+]1(O)OCC(C)O1. The summed E-state index contributed by atoms with van der Waals surface area (Å²) in [6.45, 7) is 4.00. The molecular formula is C8H14O6P+. The topological polar surface area (TPSA) is 74.2 Å². The molecule has 15 heavy (non-hydrogen) atoms. The number of carbonyl (C=O) groups is 1. The van der Waals surface area contributed by atoms with Crippen molar-refractivity contribution >= 4 is 14.1 Å². The van der Waals surface area contributed by atoms with Crippen molar-refractivity contribution in [1.29, 1.82) is 0 Å². The van der Waals surface area contributed by atoms with E-state index >= 15 is 0 Å². The molecule has 0 radical (unpaired) electrons. The second-order valence-electron chi connectivity index (χ2n) is 2.84. The summed E-state index contributed by atoms with van der Waals surface area (Å²) < 4.78 is 19.3. The summed E-state index contributed by atoms with van der Waals surface area (Å²) in [6.07, 6.45) is 1.86. The number of ether oxygens (including phenoxy) is 1. The van der Waals surface area contributed by atoms with Crippen LogP contribution in [0.25, 0.3) is 0 Å². The first-order chi connectivity index (χ1) is 7.06. The third-order valence-electron chi connectivity index (χ3n) is 1.47. The Morgan fingerprint density at radius 2 is 2.47 bits per heavy atom. The monoisotopic (exact) mass is 237 g/mol. The van der Waals surface area contributed by atoms with Crippen LogP contribution >= 0.6 is 8.17 Å². The van der Waals surface area contributed by atoms with Gasteiger partial charge in [-0.25, -0.2) is 4.79 Å². The van der Waals surface area contributed by atoms with Gasteiger partial charge in [0, 0.05) is 0 Å². The van der Waals surface area contributed by atoms with E-state index in [-0.39, 0.29) is 19.3 Å². The molecule has 0 aromatic carbocycles. The highest BCUT2D eigenvalue weighted by Gasteiger charge is 2.53. The van der Waals surface area contributed by atoms with Gasteiger partial charge < -0.3 is 4.74 Å². The van der Waals surface area contributed by atoms with Gasteiger partial charge in [-0.1, -0.05) is 0 Å². The Morgan fingerprint density at radius 3 is 3.00 bits per heavy atom. The second-order valence-corrected chi connectivity index (χ2v) is 4.46. The Labute approximate surface area is 88.4 Å². The van der Waals surface area contributed by atoms with E-state index in [0.717, 1.165) is 12.3 Å². The molecule has 1 N–H and O–H groups in total. The minimum Gasteiger partial charge on any atom is -0.463 e. The van der Waals surface area contributed by atoms with Crippen molar-refractivity contribution in [2.45, 2.75) is 20.0 Å². The Kier molecular flexibility index (Phi) is 4.47. The zero-order chi connectivity index (χ0) is 11.3. The lowest BCUT2D eigenvalue weighted by Gasteiger charge is -2.04. The molecule has 1 heterocycles. The molecule has 0 aromatic rings. The maximum Gasteiger partial charge on any atom is 0.618 e. The van der Waals surface area contributed by atoms with Crippen LogP contribution in [0.4, 0.5) is 0 Å². The number of hydrogen-bond acceptors (Lipinski definition) is 6. The van der Waals surface area contributed by atoms with Crippen LogP contribution < -0.4 is 0 Å². The predicted octanol–water partition coefficient (Wildman–Crippen LogP) is 1.19. The molecule has 0 aliphatic carbocycles. The van der Waals surface area contributed by atoms with Gasteiger partial charge in [-0.05, 0) is 13.8 Å². The minimum absolute atomic E-state index is 0.209. The maximum absolute atomic E-state index is 10.8. The lowest BCUT2D eigenvalue weighted by atomic mass is 10.5. The van der Waals surface area contributed by atoms with Crippen molar-refractivity contribution in [1.82, 2.24) is 0 Å². The average molecular weight is 237 g/mol. The Bertz CT molecular complexity index is 256. The summed E-state index contributed by atoms with van der Waals surface area (Å²) in [5, 5.41) is 0. The van der Waals surface area contributed by atoms with Gasteiger partial charge in [0.2, 0.25) is 0 Å². The fourth-order valence-corrected chi connectivity index (χ4v) is 2.20. The van der Waals surface area contributed by atoms with Gasteiger partial charge in [-0.15, -0.1) is 9.05 Å². The lowest BCUT2D eigenvalue weighted by Crippen LogP contribution is -2.01. The van der Waals surface area contributed by atoms with Crippen LogP contribution in [0.2, 0.25) is 0 Å². The van der Waals surface area contributed by atoms with Gasteiger partial charge in [0.05, 0.1) is 12.7 Å². The van der Waals surface area contributed by atoms with Crippen LogP contribution in [-0.4, -0.2) is 30.2 Å². The highest BCUT2D eigenvalue weighted by atomic mass is 31.2.